The SMILES string of the molecule is CC(NC(=O)C1CC2CCCCC2N1)c1noc(-c2ccccc2)n1.Cl. The molecule has 1 aromatic heterocycles. The average molecular weight is 377 g/mol. The minimum absolute atomic E-state index is 0. The highest BCUT2D eigenvalue weighted by Gasteiger charge is 2.38. The summed E-state index contributed by atoms with van der Waals surface area (Å²) in [5.74, 6) is 1.66. The molecule has 1 saturated heterocycles. The van der Waals surface area contributed by atoms with Crippen LogP contribution in [0.5, 0.6) is 0 Å². The topological polar surface area (TPSA) is 80.0 Å². The number of nitrogens with one attached hydrogen (secondary N) is 2. The van der Waals surface area contributed by atoms with Gasteiger partial charge in [0.05, 0.1) is 12.1 Å². The first-order valence-corrected chi connectivity index (χ1v) is 9.16. The Bertz CT molecular complexity index is 722. The van der Waals surface area contributed by atoms with Gasteiger partial charge in [-0.25, -0.2) is 0 Å². The summed E-state index contributed by atoms with van der Waals surface area (Å²) in [7, 11) is 0. The molecule has 2 N–H and O–H groups in total. The number of amides is 1. The molecule has 1 aliphatic carbocycles. The molecular weight excluding hydrogens is 352 g/mol. The standard InChI is InChI=1S/C19H24N4O2.ClH/c1-12(17-22-19(25-23-17)13-7-3-2-4-8-13)20-18(24)16-11-14-9-5-6-10-15(14)21-16;/h2-4,7-8,12,14-16,21H,5-6,9-11H2,1H3,(H,20,24);1H. The molecule has 4 unspecified atom stereocenters. The highest BCUT2D eigenvalue weighted by molar-refractivity contribution is 5.85. The second-order valence-electron chi connectivity index (χ2n) is 7.16. The van der Waals surface area contributed by atoms with Crippen molar-refractivity contribution in [3.8, 4) is 11.5 Å². The Balaban J connectivity index is 0.00000196. The Kier molecular flexibility index (Phi) is 5.94. The van der Waals surface area contributed by atoms with Gasteiger partial charge in [-0.15, -0.1) is 12.4 Å². The van der Waals surface area contributed by atoms with E-state index in [1.165, 1.54) is 25.7 Å². The molecule has 2 fully saturated rings. The molecular formula is C19H25ClN4O2. The van der Waals surface area contributed by atoms with E-state index in [2.05, 4.69) is 20.8 Å². The average Bonchev–Trinajstić information content (AvgIpc) is 3.29. The molecule has 1 aromatic carbocycles. The Labute approximate surface area is 159 Å². The summed E-state index contributed by atoms with van der Waals surface area (Å²) in [6.07, 6.45) is 5.92. The third-order valence-corrected chi connectivity index (χ3v) is 5.39. The molecule has 7 heteroatoms. The first-order chi connectivity index (χ1) is 12.2. The van der Waals surface area contributed by atoms with Gasteiger partial charge < -0.3 is 15.2 Å². The van der Waals surface area contributed by atoms with Gasteiger partial charge in [-0.2, -0.15) is 4.98 Å². The third-order valence-electron chi connectivity index (χ3n) is 5.39. The van der Waals surface area contributed by atoms with Gasteiger partial charge in [0.2, 0.25) is 5.91 Å². The summed E-state index contributed by atoms with van der Waals surface area (Å²) < 4.78 is 5.33. The van der Waals surface area contributed by atoms with Crippen molar-refractivity contribution in [2.45, 2.75) is 57.2 Å². The van der Waals surface area contributed by atoms with Crippen molar-refractivity contribution < 1.29 is 9.32 Å². The zero-order valence-corrected chi connectivity index (χ0v) is 15.7. The van der Waals surface area contributed by atoms with Crippen molar-refractivity contribution in [2.24, 2.45) is 5.92 Å². The quantitative estimate of drug-likeness (QED) is 0.856. The van der Waals surface area contributed by atoms with E-state index in [-0.39, 0.29) is 30.4 Å². The van der Waals surface area contributed by atoms with E-state index in [1.54, 1.807) is 0 Å². The minimum Gasteiger partial charge on any atom is -0.345 e. The molecule has 1 aliphatic heterocycles. The van der Waals surface area contributed by atoms with E-state index >= 15 is 0 Å². The van der Waals surface area contributed by atoms with E-state index in [0.717, 1.165) is 12.0 Å². The molecule has 1 saturated carbocycles. The molecule has 0 bridgehead atoms. The molecule has 2 aliphatic rings. The van der Waals surface area contributed by atoms with Crippen LogP contribution >= 0.6 is 12.4 Å². The van der Waals surface area contributed by atoms with Crippen LogP contribution in [0.25, 0.3) is 11.5 Å². The summed E-state index contributed by atoms with van der Waals surface area (Å²) in [5.41, 5.74) is 0.876. The highest BCUT2D eigenvalue weighted by atomic mass is 35.5. The summed E-state index contributed by atoms with van der Waals surface area (Å²) >= 11 is 0. The molecule has 0 spiro atoms. The van der Waals surface area contributed by atoms with Gasteiger partial charge in [0.25, 0.3) is 5.89 Å². The Morgan fingerprint density at radius 3 is 2.81 bits per heavy atom. The molecule has 140 valence electrons. The van der Waals surface area contributed by atoms with E-state index in [4.69, 9.17) is 4.52 Å². The lowest BCUT2D eigenvalue weighted by molar-refractivity contribution is -0.123. The zero-order valence-electron chi connectivity index (χ0n) is 14.9. The first kappa shape index (κ1) is 18.9. The number of nitrogens with zero attached hydrogens (tertiary/aromatic N) is 2. The summed E-state index contributed by atoms with van der Waals surface area (Å²) in [4.78, 5) is 17.0. The van der Waals surface area contributed by atoms with Gasteiger partial charge in [-0.1, -0.05) is 36.2 Å². The van der Waals surface area contributed by atoms with Gasteiger partial charge >= 0.3 is 0 Å². The highest BCUT2D eigenvalue weighted by Crippen LogP contribution is 2.33. The van der Waals surface area contributed by atoms with Crippen LogP contribution in [0.2, 0.25) is 0 Å². The van der Waals surface area contributed by atoms with Crippen molar-refractivity contribution in [1.82, 2.24) is 20.8 Å². The number of rotatable bonds is 4. The van der Waals surface area contributed by atoms with Crippen LogP contribution in [0.15, 0.2) is 34.9 Å². The largest absolute Gasteiger partial charge is 0.345 e. The molecule has 2 heterocycles. The summed E-state index contributed by atoms with van der Waals surface area (Å²) in [6.45, 7) is 1.89. The van der Waals surface area contributed by atoms with E-state index in [1.807, 2.05) is 37.3 Å². The van der Waals surface area contributed by atoms with Crippen LogP contribution < -0.4 is 10.6 Å². The maximum absolute atomic E-state index is 12.6. The van der Waals surface area contributed by atoms with Crippen LogP contribution in [-0.4, -0.2) is 28.1 Å². The van der Waals surface area contributed by atoms with Gasteiger partial charge in [0, 0.05) is 11.6 Å². The molecule has 4 rings (SSSR count). The summed E-state index contributed by atoms with van der Waals surface area (Å²) in [6, 6.07) is 9.76. The van der Waals surface area contributed by atoms with Crippen LogP contribution in [0.4, 0.5) is 0 Å². The third kappa shape index (κ3) is 3.91. The smallest absolute Gasteiger partial charge is 0.257 e. The van der Waals surface area contributed by atoms with Crippen LogP contribution in [0, 0.1) is 5.92 Å². The number of hydrogen-bond donors (Lipinski definition) is 2. The predicted octanol–water partition coefficient (Wildman–Crippen LogP) is 3.26. The lowest BCUT2D eigenvalue weighted by atomic mass is 9.85. The van der Waals surface area contributed by atoms with E-state index in [9.17, 15) is 4.79 Å². The zero-order chi connectivity index (χ0) is 17.2. The second-order valence-corrected chi connectivity index (χ2v) is 7.16. The van der Waals surface area contributed by atoms with Crippen molar-refractivity contribution >= 4 is 18.3 Å². The molecule has 2 aromatic rings. The van der Waals surface area contributed by atoms with Crippen LogP contribution in [0.1, 0.15) is 50.9 Å². The maximum Gasteiger partial charge on any atom is 0.257 e. The Hall–Kier alpha value is -1.92. The van der Waals surface area contributed by atoms with Gasteiger partial charge in [0.1, 0.15) is 0 Å². The number of carbonyl (C=O) groups excluding carboxylic acids is 1. The normalized spacial score (nSPS) is 25.8. The predicted molar refractivity (Wildman–Crippen MR) is 101 cm³/mol. The minimum atomic E-state index is -0.279. The van der Waals surface area contributed by atoms with Crippen LogP contribution in [-0.2, 0) is 4.79 Å². The fourth-order valence-electron chi connectivity index (χ4n) is 4.01. The Morgan fingerprint density at radius 1 is 1.27 bits per heavy atom. The van der Waals surface area contributed by atoms with Crippen LogP contribution in [0.3, 0.4) is 0 Å². The molecule has 26 heavy (non-hydrogen) atoms. The van der Waals surface area contributed by atoms with E-state index < -0.39 is 0 Å². The number of fused-ring (bicyclic) bond motifs is 1. The molecule has 6 nitrogen and oxygen atoms in total. The van der Waals surface area contributed by atoms with Crippen molar-refractivity contribution in [3.05, 3.63) is 36.2 Å². The fraction of sp³-hybridized carbons (Fsp3) is 0.526. The number of halogens is 1. The lowest BCUT2D eigenvalue weighted by Crippen LogP contribution is -2.44. The monoisotopic (exact) mass is 376 g/mol. The Morgan fingerprint density at radius 2 is 2.04 bits per heavy atom. The van der Waals surface area contributed by atoms with Crippen molar-refractivity contribution in [1.29, 1.82) is 0 Å². The first-order valence-electron chi connectivity index (χ1n) is 9.16. The van der Waals surface area contributed by atoms with Crippen molar-refractivity contribution in [2.75, 3.05) is 0 Å². The molecule has 1 amide bonds. The molecule has 4 atom stereocenters. The lowest BCUT2D eigenvalue weighted by Gasteiger charge is -2.24. The summed E-state index contributed by atoms with van der Waals surface area (Å²) in [5, 5.41) is 10.6. The van der Waals surface area contributed by atoms with Crippen molar-refractivity contribution in [3.63, 3.8) is 0 Å². The number of carbonyl (C=O) groups is 1. The maximum atomic E-state index is 12.6. The second kappa shape index (κ2) is 8.18. The van der Waals surface area contributed by atoms with E-state index in [0.29, 0.717) is 23.7 Å². The van der Waals surface area contributed by atoms with Gasteiger partial charge in [-0.3, -0.25) is 4.79 Å². The number of benzene rings is 1. The molecule has 0 radical (unpaired) electrons. The number of aromatic nitrogens is 2. The number of hydrogen-bond acceptors (Lipinski definition) is 5. The van der Waals surface area contributed by atoms with Gasteiger partial charge in [-0.05, 0) is 44.2 Å². The van der Waals surface area contributed by atoms with Gasteiger partial charge in [0.15, 0.2) is 5.82 Å². The fourth-order valence-corrected chi connectivity index (χ4v) is 4.01.